The average Bonchev–Trinajstić information content (AvgIpc) is 3.11. The van der Waals surface area contributed by atoms with Gasteiger partial charge in [-0.1, -0.05) is 12.8 Å². The van der Waals surface area contributed by atoms with Crippen molar-refractivity contribution in [3.05, 3.63) is 29.8 Å². The van der Waals surface area contributed by atoms with Gasteiger partial charge in [0.2, 0.25) is 0 Å². The molecule has 6 nitrogen and oxygen atoms in total. The summed E-state index contributed by atoms with van der Waals surface area (Å²) in [5.41, 5.74) is 1.05. The van der Waals surface area contributed by atoms with Crippen LogP contribution in [0.25, 0.3) is 0 Å². The highest BCUT2D eigenvalue weighted by Crippen LogP contribution is 2.28. The van der Waals surface area contributed by atoms with Gasteiger partial charge in [0, 0.05) is 44.3 Å². The van der Waals surface area contributed by atoms with Crippen molar-refractivity contribution in [2.75, 3.05) is 37.7 Å². The minimum Gasteiger partial charge on any atom is -0.351 e. The second-order valence-corrected chi connectivity index (χ2v) is 9.92. The van der Waals surface area contributed by atoms with Crippen molar-refractivity contribution in [2.45, 2.75) is 30.9 Å². The van der Waals surface area contributed by atoms with Crippen LogP contribution < -0.4 is 9.62 Å². The molecule has 0 saturated heterocycles. The lowest BCUT2D eigenvalue weighted by Gasteiger charge is -2.23. The number of carbonyl (C=O) groups excluding carboxylic acids is 1. The van der Waals surface area contributed by atoms with Crippen LogP contribution in [-0.4, -0.2) is 57.3 Å². The lowest BCUT2D eigenvalue weighted by molar-refractivity contribution is 0.0956. The van der Waals surface area contributed by atoms with Crippen LogP contribution in [0.4, 0.5) is 5.69 Å². The van der Waals surface area contributed by atoms with Gasteiger partial charge in [-0.2, -0.15) is 24.5 Å². The van der Waals surface area contributed by atoms with Gasteiger partial charge >= 0.3 is 10.2 Å². The molecule has 0 aromatic heterocycles. The fourth-order valence-corrected chi connectivity index (χ4v) is 4.85. The quantitative estimate of drug-likeness (QED) is 0.698. The molecule has 8 heteroatoms. The van der Waals surface area contributed by atoms with E-state index in [2.05, 4.69) is 5.32 Å². The number of hydrogen-bond donors (Lipinski definition) is 1. The lowest BCUT2D eigenvalue weighted by Crippen LogP contribution is -2.37. The first-order valence-corrected chi connectivity index (χ1v) is 10.9. The summed E-state index contributed by atoms with van der Waals surface area (Å²) in [5, 5.41) is 3.68. The Bertz CT molecular complexity index is 669. The first-order valence-electron chi connectivity index (χ1n) is 8.48. The van der Waals surface area contributed by atoms with E-state index in [9.17, 15) is 13.2 Å². The van der Waals surface area contributed by atoms with E-state index in [0.29, 0.717) is 17.8 Å². The van der Waals surface area contributed by atoms with E-state index < -0.39 is 10.2 Å². The number of nitrogens with one attached hydrogen (secondary N) is 1. The molecule has 1 saturated carbocycles. The first-order chi connectivity index (χ1) is 11.8. The van der Waals surface area contributed by atoms with Crippen molar-refractivity contribution in [1.29, 1.82) is 0 Å². The molecular weight excluding hydrogens is 358 g/mol. The highest BCUT2D eigenvalue weighted by molar-refractivity contribution is 7.99. The van der Waals surface area contributed by atoms with Crippen molar-refractivity contribution in [2.24, 2.45) is 0 Å². The molecule has 1 amide bonds. The number of nitrogens with zero attached hydrogens (tertiary/aromatic N) is 2. The molecule has 1 aromatic carbocycles. The minimum atomic E-state index is -3.53. The van der Waals surface area contributed by atoms with Gasteiger partial charge in [-0.3, -0.25) is 9.10 Å². The Balaban J connectivity index is 1.85. The number of hydrogen-bond acceptors (Lipinski definition) is 4. The molecule has 0 aliphatic heterocycles. The first kappa shape index (κ1) is 20.1. The van der Waals surface area contributed by atoms with Crippen LogP contribution in [0.2, 0.25) is 0 Å². The van der Waals surface area contributed by atoms with E-state index in [1.807, 2.05) is 11.8 Å². The van der Waals surface area contributed by atoms with Crippen molar-refractivity contribution in [1.82, 2.24) is 9.62 Å². The Morgan fingerprint density at radius 3 is 2.32 bits per heavy atom. The van der Waals surface area contributed by atoms with Gasteiger partial charge in [0.1, 0.15) is 0 Å². The third kappa shape index (κ3) is 5.36. The molecule has 1 aliphatic carbocycles. The highest BCUT2D eigenvalue weighted by Gasteiger charge is 2.21. The lowest BCUT2D eigenvalue weighted by atomic mass is 10.2. The molecule has 1 fully saturated rings. The number of amides is 1. The van der Waals surface area contributed by atoms with Crippen molar-refractivity contribution in [3.8, 4) is 0 Å². The fraction of sp³-hybridized carbons (Fsp3) is 0.588. The topological polar surface area (TPSA) is 69.7 Å². The van der Waals surface area contributed by atoms with Gasteiger partial charge in [0.15, 0.2) is 0 Å². The summed E-state index contributed by atoms with van der Waals surface area (Å²) in [6, 6.07) is 6.58. The van der Waals surface area contributed by atoms with Crippen LogP contribution in [0.3, 0.4) is 0 Å². The van der Waals surface area contributed by atoms with E-state index >= 15 is 0 Å². The Morgan fingerprint density at radius 1 is 1.16 bits per heavy atom. The summed E-state index contributed by atoms with van der Waals surface area (Å²) in [6.07, 6.45) is 5.25. The summed E-state index contributed by atoms with van der Waals surface area (Å²) in [6.45, 7) is 0.649. The van der Waals surface area contributed by atoms with Crippen molar-refractivity contribution < 1.29 is 13.2 Å². The van der Waals surface area contributed by atoms with Gasteiger partial charge in [0.25, 0.3) is 5.91 Å². The number of thioether (sulfide) groups is 1. The Morgan fingerprint density at radius 2 is 1.76 bits per heavy atom. The fourth-order valence-electron chi connectivity index (χ4n) is 2.75. The average molecular weight is 386 g/mol. The molecule has 0 radical (unpaired) electrons. The van der Waals surface area contributed by atoms with Crippen LogP contribution in [0.1, 0.15) is 36.0 Å². The summed E-state index contributed by atoms with van der Waals surface area (Å²) < 4.78 is 26.5. The molecule has 0 heterocycles. The summed E-state index contributed by atoms with van der Waals surface area (Å²) in [4.78, 5) is 12.2. The summed E-state index contributed by atoms with van der Waals surface area (Å²) in [7, 11) is 0.932. The zero-order valence-corrected chi connectivity index (χ0v) is 16.7. The second kappa shape index (κ2) is 8.91. The van der Waals surface area contributed by atoms with E-state index in [1.165, 1.54) is 51.1 Å². The zero-order chi connectivity index (χ0) is 18.4. The summed E-state index contributed by atoms with van der Waals surface area (Å²) >= 11 is 1.94. The van der Waals surface area contributed by atoms with E-state index in [-0.39, 0.29) is 5.91 Å². The van der Waals surface area contributed by atoms with Crippen LogP contribution >= 0.6 is 11.8 Å². The molecule has 2 rings (SSSR count). The van der Waals surface area contributed by atoms with Crippen LogP contribution in [0.15, 0.2) is 24.3 Å². The van der Waals surface area contributed by atoms with Crippen LogP contribution in [0, 0.1) is 0 Å². The van der Waals surface area contributed by atoms with Crippen molar-refractivity contribution in [3.63, 3.8) is 0 Å². The molecule has 25 heavy (non-hydrogen) atoms. The van der Waals surface area contributed by atoms with E-state index in [0.717, 1.165) is 15.3 Å². The maximum Gasteiger partial charge on any atom is 0.303 e. The largest absolute Gasteiger partial charge is 0.351 e. The standard InChI is InChI=1S/C17H27N3O3S2/c1-19(2)25(22,23)20(3)15-10-8-14(9-11-15)17(21)18-12-13-24-16-6-4-5-7-16/h8-11,16H,4-7,12-13H2,1-3H3,(H,18,21). The van der Waals surface area contributed by atoms with E-state index in [4.69, 9.17) is 0 Å². The Hall–Kier alpha value is -1.25. The number of carbonyl (C=O) groups is 1. The molecule has 0 atom stereocenters. The van der Waals surface area contributed by atoms with Crippen LogP contribution in [0.5, 0.6) is 0 Å². The molecule has 1 aliphatic rings. The normalized spacial score (nSPS) is 15.5. The number of anilines is 1. The predicted molar refractivity (Wildman–Crippen MR) is 104 cm³/mol. The summed E-state index contributed by atoms with van der Waals surface area (Å²) in [5.74, 6) is 0.801. The van der Waals surface area contributed by atoms with Gasteiger partial charge in [-0.05, 0) is 37.1 Å². The Kier molecular flexibility index (Phi) is 7.15. The number of benzene rings is 1. The molecule has 0 spiro atoms. The maximum absolute atomic E-state index is 12.2. The smallest absolute Gasteiger partial charge is 0.303 e. The maximum atomic E-state index is 12.2. The molecule has 1 N–H and O–H groups in total. The second-order valence-electron chi connectivity index (χ2n) is 6.34. The molecule has 140 valence electrons. The molecule has 0 unspecified atom stereocenters. The third-order valence-electron chi connectivity index (χ3n) is 4.34. The van der Waals surface area contributed by atoms with Gasteiger partial charge in [-0.15, -0.1) is 0 Å². The third-order valence-corrected chi connectivity index (χ3v) is 7.55. The van der Waals surface area contributed by atoms with E-state index in [1.54, 1.807) is 24.3 Å². The highest BCUT2D eigenvalue weighted by atomic mass is 32.2. The zero-order valence-electron chi connectivity index (χ0n) is 15.1. The number of rotatable bonds is 8. The van der Waals surface area contributed by atoms with Gasteiger partial charge < -0.3 is 5.32 Å². The minimum absolute atomic E-state index is 0.128. The monoisotopic (exact) mass is 385 g/mol. The van der Waals surface area contributed by atoms with Crippen LogP contribution in [-0.2, 0) is 10.2 Å². The predicted octanol–water partition coefficient (Wildman–Crippen LogP) is 2.33. The molecule has 0 bridgehead atoms. The van der Waals surface area contributed by atoms with Gasteiger partial charge in [0.05, 0.1) is 5.69 Å². The van der Waals surface area contributed by atoms with Gasteiger partial charge in [-0.25, -0.2) is 0 Å². The molecule has 1 aromatic rings. The SMILES string of the molecule is CN(C)S(=O)(=O)N(C)c1ccc(C(=O)NCCSC2CCCC2)cc1. The Labute approximate surface area is 155 Å². The molecular formula is C17H27N3O3S2. The van der Waals surface area contributed by atoms with Crippen molar-refractivity contribution >= 4 is 33.6 Å².